The van der Waals surface area contributed by atoms with Gasteiger partial charge in [-0.05, 0) is 19.3 Å². The van der Waals surface area contributed by atoms with Crippen LogP contribution in [0.4, 0.5) is 0 Å². The third kappa shape index (κ3) is 4.01. The second-order valence-electron chi connectivity index (χ2n) is 4.10. The maximum Gasteiger partial charge on any atom is 0.216 e. The first kappa shape index (κ1) is 13.9. The predicted molar refractivity (Wildman–Crippen MR) is 63.7 cm³/mol. The molecule has 0 saturated carbocycles. The number of nitrogens with zero attached hydrogens (tertiary/aromatic N) is 1. The van der Waals surface area contributed by atoms with E-state index in [9.17, 15) is 8.42 Å². The van der Waals surface area contributed by atoms with Gasteiger partial charge in [-0.2, -0.15) is 0 Å². The van der Waals surface area contributed by atoms with E-state index in [1.54, 1.807) is 0 Å². The van der Waals surface area contributed by atoms with Crippen LogP contribution in [-0.4, -0.2) is 50.8 Å². The van der Waals surface area contributed by atoms with Crippen LogP contribution >= 0.6 is 0 Å². The summed E-state index contributed by atoms with van der Waals surface area (Å²) in [7, 11) is -3.20. The Hall–Kier alpha value is -0.170. The molecule has 1 atom stereocenters. The molecule has 1 rings (SSSR count). The first-order valence-electron chi connectivity index (χ1n) is 5.89. The van der Waals surface area contributed by atoms with Gasteiger partial charge >= 0.3 is 0 Å². The highest BCUT2D eigenvalue weighted by atomic mass is 32.2. The van der Waals surface area contributed by atoms with E-state index in [0.29, 0.717) is 26.2 Å². The normalized spacial score (nSPS) is 21.8. The van der Waals surface area contributed by atoms with Crippen LogP contribution in [0, 0.1) is 0 Å². The lowest BCUT2D eigenvalue weighted by Crippen LogP contribution is -2.40. The first-order chi connectivity index (χ1) is 7.60. The molecule has 0 bridgehead atoms. The Balaban J connectivity index is 2.57. The fraction of sp³-hybridized carbons (Fsp3) is 1.00. The molecule has 1 heterocycles. The molecule has 0 radical (unpaired) electrons. The third-order valence-electron chi connectivity index (χ3n) is 2.67. The van der Waals surface area contributed by atoms with Gasteiger partial charge in [-0.25, -0.2) is 12.7 Å². The molecule has 1 aliphatic rings. The van der Waals surface area contributed by atoms with Crippen LogP contribution < -0.4 is 5.73 Å². The van der Waals surface area contributed by atoms with Gasteiger partial charge in [0.25, 0.3) is 0 Å². The van der Waals surface area contributed by atoms with Crippen LogP contribution in [0.5, 0.6) is 0 Å². The molecule has 1 unspecified atom stereocenters. The van der Waals surface area contributed by atoms with Crippen molar-refractivity contribution in [2.45, 2.75) is 32.3 Å². The molecular weight excluding hydrogens is 228 g/mol. The zero-order valence-electron chi connectivity index (χ0n) is 9.89. The maximum absolute atomic E-state index is 12.1. The van der Waals surface area contributed by atoms with Gasteiger partial charge in [0.15, 0.2) is 0 Å². The molecule has 1 aliphatic heterocycles. The van der Waals surface area contributed by atoms with Crippen molar-refractivity contribution in [1.82, 2.24) is 4.31 Å². The van der Waals surface area contributed by atoms with E-state index in [4.69, 9.17) is 10.5 Å². The highest BCUT2D eigenvalue weighted by molar-refractivity contribution is 7.89. The molecule has 16 heavy (non-hydrogen) atoms. The Morgan fingerprint density at radius 1 is 1.44 bits per heavy atom. The summed E-state index contributed by atoms with van der Waals surface area (Å²) in [5.41, 5.74) is 5.43. The molecule has 2 N–H and O–H groups in total. The highest BCUT2D eigenvalue weighted by Crippen LogP contribution is 2.16. The molecular formula is C10H22N2O3S. The Kier molecular flexibility index (Phi) is 5.68. The van der Waals surface area contributed by atoms with Crippen molar-refractivity contribution < 1.29 is 13.2 Å². The van der Waals surface area contributed by atoms with E-state index in [1.807, 2.05) is 6.92 Å². The van der Waals surface area contributed by atoms with Gasteiger partial charge in [0, 0.05) is 26.2 Å². The number of sulfonamides is 1. The number of ether oxygens (including phenoxy) is 1. The summed E-state index contributed by atoms with van der Waals surface area (Å²) in [6.07, 6.45) is 2.50. The standard InChI is InChI=1S/C10H22N2O3S/c1-2-6-12(7-5-11)16(13,14)9-10-4-3-8-15-10/h10H,2-9,11H2,1H3. The highest BCUT2D eigenvalue weighted by Gasteiger charge is 2.27. The van der Waals surface area contributed by atoms with E-state index in [1.165, 1.54) is 4.31 Å². The average Bonchev–Trinajstić information content (AvgIpc) is 2.69. The van der Waals surface area contributed by atoms with Crippen molar-refractivity contribution in [3.8, 4) is 0 Å². The summed E-state index contributed by atoms with van der Waals surface area (Å²) >= 11 is 0. The van der Waals surface area contributed by atoms with E-state index in [0.717, 1.165) is 19.3 Å². The summed E-state index contributed by atoms with van der Waals surface area (Å²) in [5.74, 6) is 0.104. The van der Waals surface area contributed by atoms with Gasteiger partial charge in [-0.3, -0.25) is 0 Å². The largest absolute Gasteiger partial charge is 0.377 e. The van der Waals surface area contributed by atoms with Gasteiger partial charge in [0.05, 0.1) is 11.9 Å². The van der Waals surface area contributed by atoms with Crippen LogP contribution in [0.15, 0.2) is 0 Å². The lowest BCUT2D eigenvalue weighted by atomic mass is 10.3. The van der Waals surface area contributed by atoms with Crippen LogP contribution in [0.1, 0.15) is 26.2 Å². The summed E-state index contributed by atoms with van der Waals surface area (Å²) in [6, 6.07) is 0. The van der Waals surface area contributed by atoms with E-state index in [2.05, 4.69) is 0 Å². The van der Waals surface area contributed by atoms with Crippen molar-refractivity contribution in [2.75, 3.05) is 32.0 Å². The molecule has 0 amide bonds. The van der Waals surface area contributed by atoms with Gasteiger partial charge < -0.3 is 10.5 Å². The third-order valence-corrected chi connectivity index (χ3v) is 4.61. The minimum Gasteiger partial charge on any atom is -0.377 e. The lowest BCUT2D eigenvalue weighted by Gasteiger charge is -2.22. The van der Waals surface area contributed by atoms with Crippen LogP contribution in [0.2, 0.25) is 0 Å². The van der Waals surface area contributed by atoms with Gasteiger partial charge in [-0.1, -0.05) is 6.92 Å². The van der Waals surface area contributed by atoms with Crippen LogP contribution in [0.25, 0.3) is 0 Å². The molecule has 0 aromatic rings. The minimum atomic E-state index is -3.20. The Morgan fingerprint density at radius 2 is 2.19 bits per heavy atom. The van der Waals surface area contributed by atoms with Crippen molar-refractivity contribution in [1.29, 1.82) is 0 Å². The van der Waals surface area contributed by atoms with E-state index in [-0.39, 0.29) is 11.9 Å². The quantitative estimate of drug-likeness (QED) is 0.699. The molecule has 96 valence electrons. The Bertz CT molecular complexity index is 280. The number of hydrogen-bond donors (Lipinski definition) is 1. The summed E-state index contributed by atoms with van der Waals surface area (Å²) in [5, 5.41) is 0. The number of rotatable bonds is 7. The molecule has 0 aromatic heterocycles. The van der Waals surface area contributed by atoms with E-state index < -0.39 is 10.0 Å². The Labute approximate surface area is 98.0 Å². The molecule has 5 nitrogen and oxygen atoms in total. The monoisotopic (exact) mass is 250 g/mol. The second-order valence-corrected chi connectivity index (χ2v) is 6.11. The van der Waals surface area contributed by atoms with Crippen molar-refractivity contribution >= 4 is 10.0 Å². The lowest BCUT2D eigenvalue weighted by molar-refractivity contribution is 0.126. The summed E-state index contributed by atoms with van der Waals surface area (Å²) < 4.78 is 31.0. The smallest absolute Gasteiger partial charge is 0.216 e. The average molecular weight is 250 g/mol. The molecule has 0 aromatic carbocycles. The van der Waals surface area contributed by atoms with Crippen molar-refractivity contribution in [3.63, 3.8) is 0 Å². The molecule has 1 fully saturated rings. The SMILES string of the molecule is CCCN(CCN)S(=O)(=O)CC1CCCO1. The second kappa shape index (κ2) is 6.54. The number of hydrogen-bond acceptors (Lipinski definition) is 4. The minimum absolute atomic E-state index is 0.104. The van der Waals surface area contributed by atoms with Crippen molar-refractivity contribution in [2.24, 2.45) is 5.73 Å². The van der Waals surface area contributed by atoms with E-state index >= 15 is 0 Å². The summed E-state index contributed by atoms with van der Waals surface area (Å²) in [4.78, 5) is 0. The molecule has 0 aliphatic carbocycles. The first-order valence-corrected chi connectivity index (χ1v) is 7.50. The maximum atomic E-state index is 12.1. The fourth-order valence-electron chi connectivity index (χ4n) is 1.90. The zero-order valence-corrected chi connectivity index (χ0v) is 10.7. The van der Waals surface area contributed by atoms with Gasteiger partial charge in [0.1, 0.15) is 0 Å². The van der Waals surface area contributed by atoms with Crippen LogP contribution in [0.3, 0.4) is 0 Å². The number of nitrogens with two attached hydrogens (primary N) is 1. The fourth-order valence-corrected chi connectivity index (χ4v) is 3.69. The summed E-state index contributed by atoms with van der Waals surface area (Å²) in [6.45, 7) is 3.97. The molecule has 0 spiro atoms. The predicted octanol–water partition coefficient (Wildman–Crippen LogP) is 0.166. The van der Waals surface area contributed by atoms with Crippen LogP contribution in [-0.2, 0) is 14.8 Å². The molecule has 1 saturated heterocycles. The Morgan fingerprint density at radius 3 is 2.69 bits per heavy atom. The zero-order chi connectivity index (χ0) is 12.0. The van der Waals surface area contributed by atoms with Gasteiger partial charge in [0.2, 0.25) is 10.0 Å². The topological polar surface area (TPSA) is 72.6 Å². The molecule has 6 heteroatoms. The van der Waals surface area contributed by atoms with Crippen molar-refractivity contribution in [3.05, 3.63) is 0 Å². The van der Waals surface area contributed by atoms with Gasteiger partial charge in [-0.15, -0.1) is 0 Å².